The van der Waals surface area contributed by atoms with Crippen LogP contribution in [0.5, 0.6) is 0 Å². The average molecular weight is 627 g/mol. The molecule has 0 aromatic rings. The van der Waals surface area contributed by atoms with Gasteiger partial charge in [-0.05, 0) is 109 Å². The molecular formula is C39H66N2O4. The molecule has 0 fully saturated rings. The first-order chi connectivity index (χ1) is 20.9. The van der Waals surface area contributed by atoms with Crippen LogP contribution in [-0.4, -0.2) is 50.8 Å². The van der Waals surface area contributed by atoms with E-state index < -0.39 is 6.04 Å². The highest BCUT2D eigenvalue weighted by molar-refractivity contribution is 5.87. The molecule has 0 unspecified atom stereocenters. The molecule has 45 heavy (non-hydrogen) atoms. The van der Waals surface area contributed by atoms with Crippen LogP contribution in [0.4, 0.5) is 0 Å². The minimum absolute atomic E-state index is 0.0587. The van der Waals surface area contributed by atoms with Crippen molar-refractivity contribution in [2.75, 3.05) is 33.0 Å². The summed E-state index contributed by atoms with van der Waals surface area (Å²) in [5, 5.41) is 6.06. The molecule has 0 bridgehead atoms. The largest absolute Gasteiger partial charge is 0.379 e. The van der Waals surface area contributed by atoms with Crippen molar-refractivity contribution in [1.29, 1.82) is 0 Å². The summed E-state index contributed by atoms with van der Waals surface area (Å²) in [4.78, 5) is 26.3. The summed E-state index contributed by atoms with van der Waals surface area (Å²) in [5.41, 5.74) is 11.3. The Labute approximate surface area is 275 Å². The van der Waals surface area contributed by atoms with E-state index in [9.17, 15) is 9.59 Å². The maximum atomic E-state index is 13.2. The zero-order valence-electron chi connectivity index (χ0n) is 31.2. The second-order valence-corrected chi connectivity index (χ2v) is 15.4. The number of nitrogens with one attached hydrogen (secondary N) is 2. The average Bonchev–Trinajstić information content (AvgIpc) is 3.22. The van der Waals surface area contributed by atoms with E-state index in [0.717, 1.165) is 32.1 Å². The number of hydrogen-bond acceptors (Lipinski definition) is 4. The molecule has 0 spiro atoms. The monoisotopic (exact) mass is 627 g/mol. The first kappa shape index (κ1) is 39.0. The summed E-state index contributed by atoms with van der Waals surface area (Å²) in [5.74, 6) is -0.191. The van der Waals surface area contributed by atoms with Gasteiger partial charge in [0.2, 0.25) is 11.8 Å². The molecule has 0 aromatic carbocycles. The number of carbonyl (C=O) groups excluding carboxylic acids is 2. The van der Waals surface area contributed by atoms with Crippen LogP contribution in [0.3, 0.4) is 0 Å². The van der Waals surface area contributed by atoms with Gasteiger partial charge in [-0.15, -0.1) is 0 Å². The highest BCUT2D eigenvalue weighted by atomic mass is 16.5. The molecule has 2 aliphatic carbocycles. The van der Waals surface area contributed by atoms with Crippen molar-refractivity contribution < 1.29 is 19.1 Å². The quantitative estimate of drug-likeness (QED) is 0.149. The van der Waals surface area contributed by atoms with E-state index in [-0.39, 0.29) is 28.1 Å². The molecule has 6 heteroatoms. The summed E-state index contributed by atoms with van der Waals surface area (Å²) in [6, 6.07) is -0.534. The Morgan fingerprint density at radius 3 is 1.64 bits per heavy atom. The lowest BCUT2D eigenvalue weighted by Crippen LogP contribution is -2.47. The summed E-state index contributed by atoms with van der Waals surface area (Å²) in [6.45, 7) is 31.4. The standard InChI is InChI=1S/C39H66N2O4/c1-26-27(2)31(6)38(12,30(26)5)19-17-35(42)41-34(16-14-15-18-37(9,10)11)36(43)40-21-23-45-25-24-44-22-20-39(13)32(7)28(3)29(4)33(39)8/h34H,14-25H2,1-13H3,(H,40,43)(H,41,42)/t34-/m0/s1. The summed E-state index contributed by atoms with van der Waals surface area (Å²) < 4.78 is 11.6. The van der Waals surface area contributed by atoms with Gasteiger partial charge in [-0.1, -0.05) is 69.8 Å². The van der Waals surface area contributed by atoms with Crippen LogP contribution in [0.1, 0.15) is 135 Å². The molecule has 6 nitrogen and oxygen atoms in total. The van der Waals surface area contributed by atoms with Crippen LogP contribution >= 0.6 is 0 Å². The van der Waals surface area contributed by atoms with Crippen LogP contribution in [0.2, 0.25) is 0 Å². The van der Waals surface area contributed by atoms with E-state index in [1.54, 1.807) is 0 Å². The molecule has 0 saturated heterocycles. The Bertz CT molecular complexity index is 1150. The minimum Gasteiger partial charge on any atom is -0.379 e. The number of unbranched alkanes of at least 4 members (excludes halogenated alkanes) is 1. The third-order valence-corrected chi connectivity index (χ3v) is 11.5. The molecule has 0 aromatic heterocycles. The lowest BCUT2D eigenvalue weighted by molar-refractivity contribution is -0.129. The SMILES string of the molecule is CC1=C(C)C(C)(CCOCCOCCNC(=O)[C@H](CCCCC(C)(C)C)NC(=O)CCC2(C)C(C)=C(C)C(C)=C2C)C(C)=C1C. The van der Waals surface area contributed by atoms with Crippen LogP contribution in [0, 0.1) is 16.2 Å². The lowest BCUT2D eigenvalue weighted by Gasteiger charge is -2.29. The van der Waals surface area contributed by atoms with Gasteiger partial charge in [0.25, 0.3) is 0 Å². The predicted molar refractivity (Wildman–Crippen MR) is 188 cm³/mol. The van der Waals surface area contributed by atoms with E-state index >= 15 is 0 Å². The minimum atomic E-state index is -0.534. The number of rotatable bonds is 18. The molecular weight excluding hydrogens is 560 g/mol. The third-order valence-electron chi connectivity index (χ3n) is 11.5. The Kier molecular flexibility index (Phi) is 14.4. The van der Waals surface area contributed by atoms with E-state index in [4.69, 9.17) is 9.47 Å². The van der Waals surface area contributed by atoms with Gasteiger partial charge >= 0.3 is 0 Å². The second-order valence-electron chi connectivity index (χ2n) is 15.4. The van der Waals surface area contributed by atoms with Gasteiger partial charge in [0.15, 0.2) is 0 Å². The fraction of sp³-hybridized carbons (Fsp3) is 0.744. The Hall–Kier alpha value is -2.18. The molecule has 0 aliphatic heterocycles. The number of hydrogen-bond donors (Lipinski definition) is 2. The number of amides is 2. The van der Waals surface area contributed by atoms with E-state index in [0.29, 0.717) is 45.8 Å². The lowest BCUT2D eigenvalue weighted by atomic mass is 9.75. The van der Waals surface area contributed by atoms with Crippen LogP contribution in [0.25, 0.3) is 0 Å². The number of carbonyl (C=O) groups is 2. The molecule has 1 atom stereocenters. The summed E-state index contributed by atoms with van der Waals surface area (Å²) in [6.07, 6.45) is 5.74. The molecule has 2 N–H and O–H groups in total. The van der Waals surface area contributed by atoms with Gasteiger partial charge in [-0.2, -0.15) is 0 Å². The zero-order valence-corrected chi connectivity index (χ0v) is 31.2. The van der Waals surface area contributed by atoms with Gasteiger partial charge < -0.3 is 20.1 Å². The van der Waals surface area contributed by atoms with Crippen molar-refractivity contribution in [3.63, 3.8) is 0 Å². The Morgan fingerprint density at radius 2 is 1.16 bits per heavy atom. The normalized spacial score (nSPS) is 18.8. The maximum absolute atomic E-state index is 13.2. The highest BCUT2D eigenvalue weighted by Crippen LogP contribution is 2.50. The van der Waals surface area contributed by atoms with Gasteiger partial charge in [0, 0.05) is 30.4 Å². The van der Waals surface area contributed by atoms with Gasteiger partial charge in [0.05, 0.1) is 19.8 Å². The van der Waals surface area contributed by atoms with Crippen LogP contribution in [-0.2, 0) is 19.1 Å². The van der Waals surface area contributed by atoms with Crippen molar-refractivity contribution in [3.8, 4) is 0 Å². The molecule has 0 radical (unpaired) electrons. The Morgan fingerprint density at radius 1 is 0.689 bits per heavy atom. The number of ether oxygens (including phenoxy) is 2. The Balaban J connectivity index is 1.78. The van der Waals surface area contributed by atoms with Crippen molar-refractivity contribution >= 4 is 11.8 Å². The maximum Gasteiger partial charge on any atom is 0.242 e. The second kappa shape index (κ2) is 16.6. The summed E-state index contributed by atoms with van der Waals surface area (Å²) >= 11 is 0. The van der Waals surface area contributed by atoms with Crippen molar-refractivity contribution in [3.05, 3.63) is 44.6 Å². The van der Waals surface area contributed by atoms with Gasteiger partial charge in [-0.3, -0.25) is 9.59 Å². The smallest absolute Gasteiger partial charge is 0.242 e. The molecule has 2 rings (SSSR count). The third kappa shape index (κ3) is 10.2. The van der Waals surface area contributed by atoms with Crippen LogP contribution in [0.15, 0.2) is 44.6 Å². The molecule has 256 valence electrons. The van der Waals surface area contributed by atoms with E-state index in [2.05, 4.69) is 101 Å². The van der Waals surface area contributed by atoms with Crippen LogP contribution < -0.4 is 10.6 Å². The van der Waals surface area contributed by atoms with Gasteiger partial charge in [-0.25, -0.2) is 0 Å². The molecule has 2 aliphatic rings. The summed E-state index contributed by atoms with van der Waals surface area (Å²) in [7, 11) is 0. The van der Waals surface area contributed by atoms with E-state index in [1.165, 1.54) is 44.6 Å². The van der Waals surface area contributed by atoms with Crippen molar-refractivity contribution in [1.82, 2.24) is 10.6 Å². The van der Waals surface area contributed by atoms with Gasteiger partial charge in [0.1, 0.15) is 6.04 Å². The fourth-order valence-corrected chi connectivity index (χ4v) is 6.96. The topological polar surface area (TPSA) is 76.7 Å². The van der Waals surface area contributed by atoms with Crippen molar-refractivity contribution in [2.24, 2.45) is 16.2 Å². The first-order valence-corrected chi connectivity index (χ1v) is 17.3. The highest BCUT2D eigenvalue weighted by Gasteiger charge is 2.37. The first-order valence-electron chi connectivity index (χ1n) is 17.3. The fourth-order valence-electron chi connectivity index (χ4n) is 6.96. The number of allylic oxidation sites excluding steroid dienone is 8. The molecule has 0 saturated carbocycles. The molecule has 0 heterocycles. The zero-order chi connectivity index (χ0) is 34.2. The van der Waals surface area contributed by atoms with Crippen molar-refractivity contribution in [2.45, 2.75) is 141 Å². The predicted octanol–water partition coefficient (Wildman–Crippen LogP) is 8.78. The van der Waals surface area contributed by atoms with E-state index in [1.807, 2.05) is 0 Å². The molecule has 2 amide bonds.